The first-order chi connectivity index (χ1) is 17.2. The molecular formula is C31H48O3S. The van der Waals surface area contributed by atoms with E-state index in [2.05, 4.69) is 6.92 Å². The largest absolute Gasteiger partial charge is 0.507 e. The lowest BCUT2D eigenvalue weighted by molar-refractivity contribution is 0.475. The highest BCUT2D eigenvalue weighted by Gasteiger charge is 2.22. The standard InChI is InChI=1S/C31H48O3S/c1-2-3-4-5-6-7-8-9-10-11-12-13-14-15-16-17-18-19-20-25-23-27(32)29-26-21-22-35-30(26)31(33)34-28(29)24-25/h23-24,32H,2-22H2,1H3. The fourth-order valence-corrected chi connectivity index (χ4v) is 6.49. The summed E-state index contributed by atoms with van der Waals surface area (Å²) in [5, 5.41) is 11.3. The molecule has 0 aliphatic carbocycles. The number of phenolic OH excluding ortho intramolecular Hbond substituents is 1. The number of thioether (sulfide) groups is 1. The normalized spacial score (nSPS) is 13.1. The molecule has 196 valence electrons. The van der Waals surface area contributed by atoms with Gasteiger partial charge in [-0.2, -0.15) is 0 Å². The topological polar surface area (TPSA) is 50.4 Å². The van der Waals surface area contributed by atoms with E-state index in [9.17, 15) is 9.90 Å². The van der Waals surface area contributed by atoms with Crippen molar-refractivity contribution in [2.75, 3.05) is 5.75 Å². The fourth-order valence-electron chi connectivity index (χ4n) is 5.44. The zero-order valence-corrected chi connectivity index (χ0v) is 23.0. The Kier molecular flexibility index (Phi) is 13.2. The molecule has 0 saturated heterocycles. The predicted molar refractivity (Wildman–Crippen MR) is 151 cm³/mol. The zero-order valence-electron chi connectivity index (χ0n) is 22.2. The Labute approximate surface area is 217 Å². The number of hydrogen-bond acceptors (Lipinski definition) is 4. The number of rotatable bonds is 19. The van der Waals surface area contributed by atoms with Crippen molar-refractivity contribution in [3.8, 4) is 5.75 Å². The van der Waals surface area contributed by atoms with Crippen molar-refractivity contribution < 1.29 is 9.52 Å². The Morgan fingerprint density at radius 1 is 0.771 bits per heavy atom. The zero-order chi connectivity index (χ0) is 24.7. The first-order valence-corrected chi connectivity index (χ1v) is 15.6. The van der Waals surface area contributed by atoms with Crippen LogP contribution in [0.2, 0.25) is 0 Å². The summed E-state index contributed by atoms with van der Waals surface area (Å²) < 4.78 is 5.53. The maximum atomic E-state index is 12.2. The monoisotopic (exact) mass is 500 g/mol. The molecule has 1 aliphatic heterocycles. The molecule has 0 unspecified atom stereocenters. The van der Waals surface area contributed by atoms with Crippen LogP contribution in [-0.2, 0) is 12.8 Å². The Morgan fingerprint density at radius 3 is 1.83 bits per heavy atom. The van der Waals surface area contributed by atoms with Gasteiger partial charge in [0.05, 0.1) is 10.3 Å². The van der Waals surface area contributed by atoms with E-state index in [-0.39, 0.29) is 11.4 Å². The quantitative estimate of drug-likeness (QED) is 0.154. The number of hydrogen-bond donors (Lipinski definition) is 1. The van der Waals surface area contributed by atoms with Crippen LogP contribution >= 0.6 is 11.8 Å². The third kappa shape index (κ3) is 9.52. The van der Waals surface area contributed by atoms with Crippen molar-refractivity contribution in [3.63, 3.8) is 0 Å². The predicted octanol–water partition coefficient (Wildman–Crippen LogP) is 9.73. The van der Waals surface area contributed by atoms with E-state index < -0.39 is 0 Å². The molecule has 0 amide bonds. The Bertz CT molecular complexity index is 933. The maximum Gasteiger partial charge on any atom is 0.350 e. The van der Waals surface area contributed by atoms with Crippen LogP contribution in [0.15, 0.2) is 26.2 Å². The van der Waals surface area contributed by atoms with Gasteiger partial charge in [0, 0.05) is 5.75 Å². The Morgan fingerprint density at radius 2 is 1.29 bits per heavy atom. The highest BCUT2D eigenvalue weighted by atomic mass is 32.2. The molecule has 35 heavy (non-hydrogen) atoms. The number of aryl methyl sites for hydroxylation is 2. The molecule has 1 N–H and O–H groups in total. The van der Waals surface area contributed by atoms with Gasteiger partial charge in [-0.1, -0.05) is 116 Å². The van der Waals surface area contributed by atoms with Crippen LogP contribution in [-0.4, -0.2) is 10.9 Å². The Balaban J connectivity index is 1.18. The number of fused-ring (bicyclic) bond motifs is 3. The minimum Gasteiger partial charge on any atom is -0.507 e. The van der Waals surface area contributed by atoms with E-state index in [1.54, 1.807) is 0 Å². The van der Waals surface area contributed by atoms with Crippen molar-refractivity contribution in [1.29, 1.82) is 0 Å². The summed E-state index contributed by atoms with van der Waals surface area (Å²) in [6, 6.07) is 3.84. The molecular weight excluding hydrogens is 452 g/mol. The lowest BCUT2D eigenvalue weighted by atomic mass is 10.0. The van der Waals surface area contributed by atoms with Crippen molar-refractivity contribution in [2.24, 2.45) is 0 Å². The van der Waals surface area contributed by atoms with Crippen LogP contribution in [0.3, 0.4) is 0 Å². The van der Waals surface area contributed by atoms with Gasteiger partial charge < -0.3 is 9.52 Å². The third-order valence-electron chi connectivity index (χ3n) is 7.52. The summed E-state index contributed by atoms with van der Waals surface area (Å²) in [6.45, 7) is 2.29. The molecule has 1 aliphatic rings. The molecule has 3 rings (SSSR count). The summed E-state index contributed by atoms with van der Waals surface area (Å²) in [5.41, 5.74) is 2.34. The van der Waals surface area contributed by atoms with Gasteiger partial charge in [-0.15, -0.1) is 11.8 Å². The highest BCUT2D eigenvalue weighted by Crippen LogP contribution is 2.38. The molecule has 0 atom stereocenters. The van der Waals surface area contributed by atoms with Crippen molar-refractivity contribution >= 4 is 22.7 Å². The van der Waals surface area contributed by atoms with Crippen LogP contribution < -0.4 is 5.63 Å². The van der Waals surface area contributed by atoms with Gasteiger partial charge in [-0.3, -0.25) is 0 Å². The molecule has 2 aromatic rings. The molecule has 0 fully saturated rings. The summed E-state index contributed by atoms with van der Waals surface area (Å²) in [6.07, 6.45) is 26.6. The van der Waals surface area contributed by atoms with E-state index in [1.165, 1.54) is 121 Å². The lowest BCUT2D eigenvalue weighted by Gasteiger charge is -2.09. The van der Waals surface area contributed by atoms with Crippen molar-refractivity contribution in [1.82, 2.24) is 0 Å². The van der Waals surface area contributed by atoms with Gasteiger partial charge in [0.1, 0.15) is 11.3 Å². The molecule has 1 aromatic heterocycles. The second-order valence-corrected chi connectivity index (χ2v) is 11.6. The molecule has 2 heterocycles. The van der Waals surface area contributed by atoms with E-state index in [1.807, 2.05) is 12.1 Å². The molecule has 4 heteroatoms. The minimum absolute atomic E-state index is 0.250. The summed E-state index contributed by atoms with van der Waals surface area (Å²) in [4.78, 5) is 12.9. The van der Waals surface area contributed by atoms with E-state index >= 15 is 0 Å². The molecule has 1 aromatic carbocycles. The molecule has 0 bridgehead atoms. The van der Waals surface area contributed by atoms with Gasteiger partial charge >= 0.3 is 5.63 Å². The second-order valence-electron chi connectivity index (χ2n) is 10.5. The van der Waals surface area contributed by atoms with Crippen LogP contribution in [0.1, 0.15) is 134 Å². The van der Waals surface area contributed by atoms with Gasteiger partial charge in [0.25, 0.3) is 0 Å². The second kappa shape index (κ2) is 16.3. The average molecular weight is 501 g/mol. The summed E-state index contributed by atoms with van der Waals surface area (Å²) >= 11 is 1.54. The van der Waals surface area contributed by atoms with Gasteiger partial charge in [0.15, 0.2) is 0 Å². The number of phenols is 1. The number of benzene rings is 1. The average Bonchev–Trinajstić information content (AvgIpc) is 3.33. The first-order valence-electron chi connectivity index (χ1n) is 14.6. The van der Waals surface area contributed by atoms with Gasteiger partial charge in [-0.05, 0) is 42.5 Å². The Hall–Kier alpha value is -1.42. The van der Waals surface area contributed by atoms with Crippen LogP contribution in [0.5, 0.6) is 5.75 Å². The van der Waals surface area contributed by atoms with E-state index in [0.717, 1.165) is 41.5 Å². The van der Waals surface area contributed by atoms with E-state index in [0.29, 0.717) is 10.5 Å². The molecule has 0 radical (unpaired) electrons. The first kappa shape index (κ1) is 28.2. The van der Waals surface area contributed by atoms with Gasteiger partial charge in [-0.25, -0.2) is 4.79 Å². The third-order valence-corrected chi connectivity index (χ3v) is 8.63. The van der Waals surface area contributed by atoms with Crippen molar-refractivity contribution in [2.45, 2.75) is 140 Å². The highest BCUT2D eigenvalue weighted by molar-refractivity contribution is 7.99. The maximum absolute atomic E-state index is 12.2. The van der Waals surface area contributed by atoms with Crippen LogP contribution in [0, 0.1) is 0 Å². The van der Waals surface area contributed by atoms with Crippen molar-refractivity contribution in [3.05, 3.63) is 33.7 Å². The molecule has 3 nitrogen and oxygen atoms in total. The molecule has 0 saturated carbocycles. The fraction of sp³-hybridized carbons (Fsp3) is 0.710. The van der Waals surface area contributed by atoms with Crippen LogP contribution in [0.4, 0.5) is 0 Å². The SMILES string of the molecule is CCCCCCCCCCCCCCCCCCCCc1cc(O)c2c3c(c(=O)oc2c1)SCC3. The van der Waals surface area contributed by atoms with Gasteiger partial charge in [0.2, 0.25) is 0 Å². The lowest BCUT2D eigenvalue weighted by Crippen LogP contribution is -2.03. The van der Waals surface area contributed by atoms with Crippen LogP contribution in [0.25, 0.3) is 11.0 Å². The number of unbranched alkanes of at least 4 members (excludes halogenated alkanes) is 17. The summed E-state index contributed by atoms with van der Waals surface area (Å²) in [7, 11) is 0. The smallest absolute Gasteiger partial charge is 0.350 e. The minimum atomic E-state index is -0.250. The van der Waals surface area contributed by atoms with E-state index in [4.69, 9.17) is 4.42 Å². The molecule has 0 spiro atoms. The summed E-state index contributed by atoms with van der Waals surface area (Å²) in [5.74, 6) is 1.15. The number of aromatic hydroxyl groups is 1.